The van der Waals surface area contributed by atoms with Crippen molar-refractivity contribution in [2.24, 2.45) is 46.3 Å². The second-order valence-corrected chi connectivity index (χ2v) is 14.6. The summed E-state index contributed by atoms with van der Waals surface area (Å²) >= 11 is 0. The molecule has 0 unspecified atom stereocenters. The Morgan fingerprint density at radius 3 is 2.63 bits per heavy atom. The predicted molar refractivity (Wildman–Crippen MR) is 158 cm³/mol. The third-order valence-electron chi connectivity index (χ3n) is 11.8. The fourth-order valence-electron chi connectivity index (χ4n) is 9.77. The van der Waals surface area contributed by atoms with Crippen LogP contribution in [0.15, 0.2) is 35.9 Å². The van der Waals surface area contributed by atoms with E-state index in [1.165, 1.54) is 51.4 Å². The molecule has 0 aliphatic heterocycles. The Morgan fingerprint density at radius 1 is 1.05 bits per heavy atom. The summed E-state index contributed by atoms with van der Waals surface area (Å²) in [6, 6.07) is 7.91. The number of carbonyl (C=O) groups is 1. The number of rotatable bonds is 7. The van der Waals surface area contributed by atoms with Gasteiger partial charge in [-0.25, -0.2) is 4.79 Å². The highest BCUT2D eigenvalue weighted by molar-refractivity contribution is 5.84. The molecule has 0 radical (unpaired) electrons. The number of hydrogen-bond donors (Lipinski definition) is 1. The summed E-state index contributed by atoms with van der Waals surface area (Å²) in [4.78, 5) is 12.7. The predicted octanol–water partition coefficient (Wildman–Crippen LogP) is 9.95. The highest BCUT2D eigenvalue weighted by Gasteiger charge is 2.59. The van der Waals surface area contributed by atoms with Gasteiger partial charge in [0.05, 0.1) is 0 Å². The van der Waals surface area contributed by atoms with Crippen LogP contribution in [0.3, 0.4) is 0 Å². The topological polar surface area (TPSA) is 38.3 Å². The average Bonchev–Trinajstić information content (AvgIpc) is 3.21. The summed E-state index contributed by atoms with van der Waals surface area (Å²) in [6.45, 7) is 14.6. The maximum Gasteiger partial charge on any atom is 0.411 e. The molecule has 4 aliphatic rings. The van der Waals surface area contributed by atoms with Crippen molar-refractivity contribution in [1.29, 1.82) is 0 Å². The van der Waals surface area contributed by atoms with Gasteiger partial charge >= 0.3 is 6.09 Å². The number of fused-ring (bicyclic) bond motifs is 5. The Bertz CT molecular complexity index is 1030. The highest BCUT2D eigenvalue weighted by Crippen LogP contribution is 2.67. The summed E-state index contributed by atoms with van der Waals surface area (Å²) in [7, 11) is 0. The first-order chi connectivity index (χ1) is 18.1. The van der Waals surface area contributed by atoms with Crippen molar-refractivity contribution in [3.63, 3.8) is 0 Å². The van der Waals surface area contributed by atoms with E-state index >= 15 is 0 Å². The van der Waals surface area contributed by atoms with E-state index in [1.54, 1.807) is 5.57 Å². The average molecular weight is 520 g/mol. The number of hydrogen-bond acceptors (Lipinski definition) is 2. The fraction of sp³-hybridized carbons (Fsp3) is 0.743. The Balaban J connectivity index is 1.22. The van der Waals surface area contributed by atoms with Crippen molar-refractivity contribution in [3.8, 4) is 0 Å². The molecular weight excluding hydrogens is 466 g/mol. The molecule has 1 aromatic carbocycles. The van der Waals surface area contributed by atoms with Crippen molar-refractivity contribution in [2.45, 2.75) is 118 Å². The van der Waals surface area contributed by atoms with Crippen LogP contribution in [0.4, 0.5) is 10.5 Å². The van der Waals surface area contributed by atoms with Crippen LogP contribution < -0.4 is 5.32 Å². The van der Waals surface area contributed by atoms with E-state index in [-0.39, 0.29) is 17.6 Å². The van der Waals surface area contributed by atoms with E-state index in [2.05, 4.69) is 46.0 Å². The number of nitrogens with one attached hydrogen (secondary N) is 1. The largest absolute Gasteiger partial charge is 0.446 e. The van der Waals surface area contributed by atoms with E-state index in [0.717, 1.165) is 66.0 Å². The molecule has 5 rings (SSSR count). The molecule has 8 atom stereocenters. The van der Waals surface area contributed by atoms with Crippen molar-refractivity contribution in [3.05, 3.63) is 41.5 Å². The first kappa shape index (κ1) is 27.8. The summed E-state index contributed by atoms with van der Waals surface area (Å²) in [5.41, 5.74) is 4.35. The molecule has 0 heterocycles. The quantitative estimate of drug-likeness (QED) is 0.364. The molecular formula is C35H53NO2. The molecule has 3 fully saturated rings. The minimum atomic E-state index is -0.313. The molecule has 1 amide bonds. The molecule has 4 aliphatic carbocycles. The van der Waals surface area contributed by atoms with Crippen molar-refractivity contribution >= 4 is 11.8 Å². The number of amides is 1. The minimum Gasteiger partial charge on any atom is -0.446 e. The number of allylic oxidation sites excluding steroid dienone is 1. The molecule has 0 aromatic heterocycles. The van der Waals surface area contributed by atoms with Gasteiger partial charge in [0.2, 0.25) is 0 Å². The molecule has 3 saturated carbocycles. The zero-order chi connectivity index (χ0) is 27.1. The molecule has 0 spiro atoms. The zero-order valence-electron chi connectivity index (χ0n) is 25.0. The summed E-state index contributed by atoms with van der Waals surface area (Å²) in [5, 5.41) is 2.94. The van der Waals surface area contributed by atoms with Gasteiger partial charge in [-0.1, -0.05) is 77.7 Å². The van der Waals surface area contributed by atoms with E-state index in [9.17, 15) is 4.79 Å². The van der Waals surface area contributed by atoms with Crippen LogP contribution in [0.1, 0.15) is 111 Å². The van der Waals surface area contributed by atoms with E-state index in [1.807, 2.05) is 31.2 Å². The van der Waals surface area contributed by atoms with Gasteiger partial charge in [-0.15, -0.1) is 0 Å². The number of anilines is 1. The second kappa shape index (κ2) is 11.0. The highest BCUT2D eigenvalue weighted by atomic mass is 16.6. The lowest BCUT2D eigenvalue weighted by Gasteiger charge is -2.58. The van der Waals surface area contributed by atoms with Gasteiger partial charge < -0.3 is 4.74 Å². The van der Waals surface area contributed by atoms with Crippen molar-refractivity contribution in [2.75, 3.05) is 5.32 Å². The van der Waals surface area contributed by atoms with E-state index in [0.29, 0.717) is 5.41 Å². The maximum atomic E-state index is 12.7. The Hall–Kier alpha value is -1.77. The van der Waals surface area contributed by atoms with Gasteiger partial charge in [-0.05, 0) is 116 Å². The van der Waals surface area contributed by atoms with Crippen LogP contribution in [-0.4, -0.2) is 12.2 Å². The van der Waals surface area contributed by atoms with E-state index < -0.39 is 0 Å². The van der Waals surface area contributed by atoms with Crippen LogP contribution >= 0.6 is 0 Å². The van der Waals surface area contributed by atoms with Gasteiger partial charge in [0, 0.05) is 12.1 Å². The maximum absolute atomic E-state index is 12.7. The normalized spacial score (nSPS) is 37.0. The van der Waals surface area contributed by atoms with Gasteiger partial charge in [0.25, 0.3) is 0 Å². The Morgan fingerprint density at radius 2 is 1.87 bits per heavy atom. The minimum absolute atomic E-state index is 0.00732. The first-order valence-electron chi connectivity index (χ1n) is 15.8. The monoisotopic (exact) mass is 519 g/mol. The van der Waals surface area contributed by atoms with Crippen LogP contribution in [0, 0.1) is 53.3 Å². The number of ether oxygens (including phenoxy) is 1. The number of carbonyl (C=O) groups excluding carboxylic acids is 1. The molecule has 3 heteroatoms. The van der Waals surface area contributed by atoms with Gasteiger partial charge in [-0.3, -0.25) is 5.32 Å². The smallest absolute Gasteiger partial charge is 0.411 e. The molecule has 1 N–H and O–H groups in total. The summed E-state index contributed by atoms with van der Waals surface area (Å²) < 4.78 is 5.95. The molecule has 1 aromatic rings. The first-order valence-corrected chi connectivity index (χ1v) is 15.8. The van der Waals surface area contributed by atoms with Gasteiger partial charge in [0.15, 0.2) is 0 Å². The molecule has 3 nitrogen and oxygen atoms in total. The molecule has 210 valence electrons. The number of aryl methyl sites for hydroxylation is 1. The zero-order valence-corrected chi connectivity index (χ0v) is 25.0. The second-order valence-electron chi connectivity index (χ2n) is 14.6. The number of benzene rings is 1. The Labute approximate surface area is 232 Å². The third kappa shape index (κ3) is 5.33. The fourth-order valence-corrected chi connectivity index (χ4v) is 9.77. The molecule has 38 heavy (non-hydrogen) atoms. The SMILES string of the molecule is Cc1cccc(NC(=O)O[C@H]2CC[C@@]3(C)C(=CC[C@H]4[C@@H]5CC[C@H]([C@H](C)CCCC(C)C)[C@@]5(C)CC[C@@H]43)C2)c1. The molecule has 0 bridgehead atoms. The standard InChI is InChI=1S/C35H53NO2/c1-23(2)9-7-11-25(4)30-15-16-31-29-14-13-26-22-28(38-33(37)36-27-12-8-10-24(3)21-27)17-19-34(26,5)32(29)18-20-35(30,31)6/h8,10,12-13,21,23,25,28-32H,7,9,11,14-20,22H2,1-6H3,(H,36,37)/t25-,28+,29+,30-,31+,32+,34+,35-/m1/s1. The van der Waals surface area contributed by atoms with Gasteiger partial charge in [0.1, 0.15) is 6.10 Å². The van der Waals surface area contributed by atoms with Crippen LogP contribution in [0.5, 0.6) is 0 Å². The van der Waals surface area contributed by atoms with Crippen molar-refractivity contribution < 1.29 is 9.53 Å². The lowest BCUT2D eigenvalue weighted by Crippen LogP contribution is -2.51. The Kier molecular flexibility index (Phi) is 8.05. The lowest BCUT2D eigenvalue weighted by atomic mass is 9.47. The lowest BCUT2D eigenvalue weighted by molar-refractivity contribution is -0.0577. The van der Waals surface area contributed by atoms with Gasteiger partial charge in [-0.2, -0.15) is 0 Å². The van der Waals surface area contributed by atoms with Crippen LogP contribution in [0.2, 0.25) is 0 Å². The van der Waals surface area contributed by atoms with Crippen molar-refractivity contribution in [1.82, 2.24) is 0 Å². The van der Waals surface area contributed by atoms with E-state index in [4.69, 9.17) is 4.74 Å². The third-order valence-corrected chi connectivity index (χ3v) is 11.8. The molecule has 0 saturated heterocycles. The van der Waals surface area contributed by atoms with Crippen LogP contribution in [-0.2, 0) is 4.74 Å². The van der Waals surface area contributed by atoms with Crippen LogP contribution in [0.25, 0.3) is 0 Å². The summed E-state index contributed by atoms with van der Waals surface area (Å²) in [5.74, 6) is 5.15. The summed E-state index contributed by atoms with van der Waals surface area (Å²) in [6.07, 6.45) is 16.5.